The summed E-state index contributed by atoms with van der Waals surface area (Å²) in [6, 6.07) is 0. The van der Waals surface area contributed by atoms with E-state index in [1.54, 1.807) is 0 Å². The number of carbonyl (C=O) groups excluding carboxylic acids is 1. The first kappa shape index (κ1) is 7.68. The normalized spacial score (nSPS) is 11.0. The SMILES string of the molecule is CC(=CC([NH])=O)C(=O)O. The Morgan fingerprint density at radius 1 is 1.56 bits per heavy atom. The Balaban J connectivity index is 4.17. The summed E-state index contributed by atoms with van der Waals surface area (Å²) < 4.78 is 0. The predicted octanol–water partition coefficient (Wildman–Crippen LogP) is -0.173. The Bertz CT molecular complexity index is 171. The molecule has 1 radical (unpaired) electrons. The van der Waals surface area contributed by atoms with Crippen molar-refractivity contribution in [1.29, 1.82) is 0 Å². The molecular weight excluding hydrogens is 122 g/mol. The molecule has 9 heavy (non-hydrogen) atoms. The van der Waals surface area contributed by atoms with Crippen LogP contribution in [0.25, 0.3) is 0 Å². The van der Waals surface area contributed by atoms with E-state index in [0.717, 1.165) is 6.08 Å². The molecule has 0 saturated carbocycles. The van der Waals surface area contributed by atoms with Crippen LogP contribution in [-0.4, -0.2) is 17.0 Å². The molecule has 0 aliphatic rings. The van der Waals surface area contributed by atoms with Crippen molar-refractivity contribution in [2.45, 2.75) is 6.92 Å². The van der Waals surface area contributed by atoms with Gasteiger partial charge in [-0.25, -0.2) is 4.79 Å². The van der Waals surface area contributed by atoms with Gasteiger partial charge in [-0.2, -0.15) is 0 Å². The topological polar surface area (TPSA) is 78.2 Å². The maximum absolute atomic E-state index is 9.93. The quantitative estimate of drug-likeness (QED) is 0.524. The van der Waals surface area contributed by atoms with Crippen molar-refractivity contribution in [2.75, 3.05) is 0 Å². The molecule has 1 amide bonds. The zero-order valence-electron chi connectivity index (χ0n) is 4.84. The number of nitrogens with one attached hydrogen (secondary N) is 1. The van der Waals surface area contributed by atoms with Crippen molar-refractivity contribution in [2.24, 2.45) is 0 Å². The maximum Gasteiger partial charge on any atom is 0.331 e. The van der Waals surface area contributed by atoms with E-state index in [9.17, 15) is 9.59 Å². The summed E-state index contributed by atoms with van der Waals surface area (Å²) >= 11 is 0. The van der Waals surface area contributed by atoms with Crippen LogP contribution in [0.1, 0.15) is 6.92 Å². The molecule has 0 unspecified atom stereocenters. The molecule has 0 heterocycles. The number of carboxylic acids is 1. The lowest BCUT2D eigenvalue weighted by Gasteiger charge is -1.86. The Labute approximate surface area is 52.0 Å². The van der Waals surface area contributed by atoms with Crippen LogP contribution < -0.4 is 5.73 Å². The van der Waals surface area contributed by atoms with Gasteiger partial charge in [-0.15, -0.1) is 0 Å². The molecule has 4 nitrogen and oxygen atoms in total. The molecule has 4 heteroatoms. The molecule has 0 saturated heterocycles. The molecule has 0 fully saturated rings. The van der Waals surface area contributed by atoms with Crippen LogP contribution in [0.2, 0.25) is 0 Å². The Kier molecular flexibility index (Phi) is 2.44. The first-order chi connectivity index (χ1) is 4.04. The molecule has 2 N–H and O–H groups in total. The van der Waals surface area contributed by atoms with E-state index < -0.39 is 11.9 Å². The minimum absolute atomic E-state index is 0.116. The second-order valence-corrected chi connectivity index (χ2v) is 1.50. The van der Waals surface area contributed by atoms with Crippen molar-refractivity contribution in [1.82, 2.24) is 5.73 Å². The fraction of sp³-hybridized carbons (Fsp3) is 0.200. The van der Waals surface area contributed by atoms with Crippen LogP contribution in [0.4, 0.5) is 0 Å². The molecule has 0 aromatic carbocycles. The van der Waals surface area contributed by atoms with Crippen LogP contribution in [0.3, 0.4) is 0 Å². The summed E-state index contributed by atoms with van der Waals surface area (Å²) in [6.07, 6.45) is 0.752. The van der Waals surface area contributed by atoms with Gasteiger partial charge in [0.15, 0.2) is 0 Å². The van der Waals surface area contributed by atoms with Crippen LogP contribution in [-0.2, 0) is 9.59 Å². The third-order valence-corrected chi connectivity index (χ3v) is 0.685. The Hall–Kier alpha value is -1.32. The molecule has 0 rings (SSSR count). The predicted molar refractivity (Wildman–Crippen MR) is 29.5 cm³/mol. The zero-order chi connectivity index (χ0) is 7.44. The molecule has 0 aliphatic heterocycles. The van der Waals surface area contributed by atoms with Crippen LogP contribution in [0.5, 0.6) is 0 Å². The molecule has 0 aliphatic carbocycles. The average Bonchev–Trinajstić information content (AvgIpc) is 1.63. The molecule has 49 valence electrons. The van der Waals surface area contributed by atoms with Crippen molar-refractivity contribution >= 4 is 11.9 Å². The Morgan fingerprint density at radius 2 is 2.00 bits per heavy atom. The second-order valence-electron chi connectivity index (χ2n) is 1.50. The number of hydrogen-bond donors (Lipinski definition) is 1. The van der Waals surface area contributed by atoms with Gasteiger partial charge >= 0.3 is 5.97 Å². The van der Waals surface area contributed by atoms with E-state index in [1.165, 1.54) is 6.92 Å². The highest BCUT2D eigenvalue weighted by molar-refractivity contribution is 5.96. The summed E-state index contributed by atoms with van der Waals surface area (Å²) in [5.41, 5.74) is 6.21. The van der Waals surface area contributed by atoms with E-state index in [4.69, 9.17) is 10.8 Å². The molecular formula is C5H6NO3. The van der Waals surface area contributed by atoms with E-state index in [-0.39, 0.29) is 5.57 Å². The summed E-state index contributed by atoms with van der Waals surface area (Å²) in [4.78, 5) is 19.8. The second kappa shape index (κ2) is 2.86. The average molecular weight is 128 g/mol. The van der Waals surface area contributed by atoms with E-state index in [1.807, 2.05) is 0 Å². The molecule has 0 aromatic rings. The van der Waals surface area contributed by atoms with Gasteiger partial charge in [0.2, 0.25) is 0 Å². The van der Waals surface area contributed by atoms with Crippen LogP contribution >= 0.6 is 0 Å². The Morgan fingerprint density at radius 3 is 2.11 bits per heavy atom. The van der Waals surface area contributed by atoms with Crippen molar-refractivity contribution in [3.05, 3.63) is 11.6 Å². The highest BCUT2D eigenvalue weighted by Crippen LogP contribution is 1.89. The third-order valence-electron chi connectivity index (χ3n) is 0.685. The molecule has 0 spiro atoms. The van der Waals surface area contributed by atoms with Gasteiger partial charge in [-0.05, 0) is 6.92 Å². The number of aliphatic carboxylic acids is 1. The van der Waals surface area contributed by atoms with Gasteiger partial charge in [-0.3, -0.25) is 10.5 Å². The fourth-order valence-electron chi connectivity index (χ4n) is 0.258. The van der Waals surface area contributed by atoms with E-state index in [0.29, 0.717) is 0 Å². The van der Waals surface area contributed by atoms with E-state index in [2.05, 4.69) is 0 Å². The first-order valence-corrected chi connectivity index (χ1v) is 2.21. The van der Waals surface area contributed by atoms with Gasteiger partial charge in [0.1, 0.15) is 0 Å². The molecule has 0 atom stereocenters. The highest BCUT2D eigenvalue weighted by Gasteiger charge is 1.99. The van der Waals surface area contributed by atoms with Gasteiger partial charge in [0.25, 0.3) is 5.91 Å². The largest absolute Gasteiger partial charge is 0.478 e. The van der Waals surface area contributed by atoms with Gasteiger partial charge in [-0.1, -0.05) is 0 Å². The van der Waals surface area contributed by atoms with Gasteiger partial charge in [0, 0.05) is 11.6 Å². The first-order valence-electron chi connectivity index (χ1n) is 2.21. The third kappa shape index (κ3) is 3.28. The standard InChI is InChI=1S/C5H6NO3/c1-3(5(8)9)2-4(6)7/h2,6H,1H3,(H,8,9). The summed E-state index contributed by atoms with van der Waals surface area (Å²) in [7, 11) is 0. The number of carboxylic acid groups (broad SMARTS) is 1. The van der Waals surface area contributed by atoms with Crippen LogP contribution in [0, 0.1) is 0 Å². The minimum atomic E-state index is -1.17. The zero-order valence-corrected chi connectivity index (χ0v) is 4.84. The van der Waals surface area contributed by atoms with Crippen molar-refractivity contribution in [3.63, 3.8) is 0 Å². The monoisotopic (exact) mass is 128 g/mol. The number of hydrogen-bond acceptors (Lipinski definition) is 2. The number of rotatable bonds is 2. The highest BCUT2D eigenvalue weighted by atomic mass is 16.4. The fourth-order valence-corrected chi connectivity index (χ4v) is 0.258. The van der Waals surface area contributed by atoms with E-state index >= 15 is 0 Å². The lowest BCUT2D eigenvalue weighted by atomic mass is 10.3. The smallest absolute Gasteiger partial charge is 0.331 e. The maximum atomic E-state index is 9.93. The lowest BCUT2D eigenvalue weighted by Crippen LogP contribution is -2.00. The molecule has 0 aromatic heterocycles. The summed E-state index contributed by atoms with van der Waals surface area (Å²) in [5, 5.41) is 8.13. The van der Waals surface area contributed by atoms with Gasteiger partial charge in [0.05, 0.1) is 0 Å². The number of amides is 1. The van der Waals surface area contributed by atoms with Crippen molar-refractivity contribution < 1.29 is 14.7 Å². The summed E-state index contributed by atoms with van der Waals surface area (Å²) in [6.45, 7) is 1.26. The lowest BCUT2D eigenvalue weighted by molar-refractivity contribution is -0.132. The van der Waals surface area contributed by atoms with Gasteiger partial charge < -0.3 is 5.11 Å². The molecule has 0 bridgehead atoms. The minimum Gasteiger partial charge on any atom is -0.478 e. The summed E-state index contributed by atoms with van der Waals surface area (Å²) in [5.74, 6) is -2.16. The van der Waals surface area contributed by atoms with Crippen LogP contribution in [0.15, 0.2) is 11.6 Å². The number of carbonyl (C=O) groups is 2. The van der Waals surface area contributed by atoms with Crippen molar-refractivity contribution in [3.8, 4) is 0 Å².